The van der Waals surface area contributed by atoms with Gasteiger partial charge >= 0.3 is 6.18 Å². The predicted molar refractivity (Wildman–Crippen MR) is 74.1 cm³/mol. The molecular weight excluding hydrogens is 301 g/mol. The third-order valence-electron chi connectivity index (χ3n) is 2.98. The van der Waals surface area contributed by atoms with Gasteiger partial charge in [-0.1, -0.05) is 6.07 Å². The van der Waals surface area contributed by atoms with Crippen molar-refractivity contribution in [2.75, 3.05) is 7.05 Å². The third kappa shape index (κ3) is 3.56. The summed E-state index contributed by atoms with van der Waals surface area (Å²) in [6.45, 7) is 2.13. The summed E-state index contributed by atoms with van der Waals surface area (Å²) >= 11 is 0.964. The van der Waals surface area contributed by atoms with Gasteiger partial charge in [0.2, 0.25) is 0 Å². The molecule has 1 aromatic carbocycles. The number of alkyl halides is 3. The molecule has 0 aliphatic heterocycles. The van der Waals surface area contributed by atoms with Crippen molar-refractivity contribution < 1.29 is 13.2 Å². The minimum Gasteiger partial charge on any atom is -0.316 e. The zero-order valence-electron chi connectivity index (χ0n) is 11.8. The molecule has 21 heavy (non-hydrogen) atoms. The van der Waals surface area contributed by atoms with Crippen LogP contribution in [0.3, 0.4) is 0 Å². The Morgan fingerprint density at radius 1 is 1.29 bits per heavy atom. The highest BCUT2D eigenvalue weighted by atomic mass is 32.2. The predicted octanol–water partition coefficient (Wildman–Crippen LogP) is 3.01. The first-order valence-corrected chi connectivity index (χ1v) is 7.03. The third-order valence-corrected chi connectivity index (χ3v) is 4.10. The van der Waals surface area contributed by atoms with Gasteiger partial charge in [0.15, 0.2) is 5.16 Å². The lowest BCUT2D eigenvalue weighted by Crippen LogP contribution is -2.11. The van der Waals surface area contributed by atoms with Gasteiger partial charge in [0.05, 0.1) is 5.56 Å². The second kappa shape index (κ2) is 6.07. The summed E-state index contributed by atoms with van der Waals surface area (Å²) in [6.07, 6.45) is -4.40. The standard InChI is InChI=1S/C13H15F3N4S/c1-8-18-19-12(20(8)3)21-11-5-4-9(7-17-2)6-10(11)13(14,15)16/h4-6,17H,7H2,1-3H3. The molecule has 0 bridgehead atoms. The van der Waals surface area contributed by atoms with Crippen LogP contribution < -0.4 is 5.32 Å². The fraction of sp³-hybridized carbons (Fsp3) is 0.385. The average Bonchev–Trinajstić information content (AvgIpc) is 2.71. The van der Waals surface area contributed by atoms with E-state index in [9.17, 15) is 13.2 Å². The summed E-state index contributed by atoms with van der Waals surface area (Å²) in [6, 6.07) is 4.32. The molecule has 0 amide bonds. The van der Waals surface area contributed by atoms with Crippen LogP contribution in [0.5, 0.6) is 0 Å². The second-order valence-electron chi connectivity index (χ2n) is 4.55. The Labute approximate surface area is 124 Å². The Morgan fingerprint density at radius 3 is 2.52 bits per heavy atom. The van der Waals surface area contributed by atoms with Crippen molar-refractivity contribution in [2.24, 2.45) is 7.05 Å². The Balaban J connectivity index is 2.40. The lowest BCUT2D eigenvalue weighted by atomic mass is 10.1. The van der Waals surface area contributed by atoms with E-state index in [1.807, 2.05) is 0 Å². The van der Waals surface area contributed by atoms with Crippen LogP contribution >= 0.6 is 11.8 Å². The van der Waals surface area contributed by atoms with Crippen LogP contribution in [-0.4, -0.2) is 21.8 Å². The summed E-state index contributed by atoms with van der Waals surface area (Å²) < 4.78 is 41.3. The van der Waals surface area contributed by atoms with Crippen LogP contribution in [0.2, 0.25) is 0 Å². The van der Waals surface area contributed by atoms with Gasteiger partial charge in [-0.2, -0.15) is 13.2 Å². The van der Waals surface area contributed by atoms with E-state index in [1.165, 1.54) is 12.1 Å². The molecule has 0 fully saturated rings. The quantitative estimate of drug-likeness (QED) is 0.941. The van der Waals surface area contributed by atoms with E-state index in [0.29, 0.717) is 23.1 Å². The SMILES string of the molecule is CNCc1ccc(Sc2nnc(C)n2C)c(C(F)(F)F)c1. The lowest BCUT2D eigenvalue weighted by molar-refractivity contribution is -0.139. The van der Waals surface area contributed by atoms with Crippen LogP contribution in [0, 0.1) is 6.92 Å². The van der Waals surface area contributed by atoms with Gasteiger partial charge in [0.1, 0.15) is 5.82 Å². The monoisotopic (exact) mass is 316 g/mol. The molecule has 0 unspecified atom stereocenters. The molecule has 0 saturated heterocycles. The van der Waals surface area contributed by atoms with Crippen LogP contribution in [0.15, 0.2) is 28.3 Å². The maximum atomic E-state index is 13.2. The number of aromatic nitrogens is 3. The van der Waals surface area contributed by atoms with E-state index >= 15 is 0 Å². The first-order chi connectivity index (χ1) is 9.82. The number of nitrogens with one attached hydrogen (secondary N) is 1. The molecule has 4 nitrogen and oxygen atoms in total. The number of nitrogens with zero attached hydrogens (tertiary/aromatic N) is 3. The van der Waals surface area contributed by atoms with Crippen molar-refractivity contribution in [3.63, 3.8) is 0 Å². The molecule has 0 aliphatic carbocycles. The number of benzene rings is 1. The van der Waals surface area contributed by atoms with E-state index in [0.717, 1.165) is 11.8 Å². The number of halogens is 3. The molecule has 0 atom stereocenters. The fourth-order valence-electron chi connectivity index (χ4n) is 1.78. The van der Waals surface area contributed by atoms with Crippen LogP contribution in [-0.2, 0) is 19.8 Å². The minimum atomic E-state index is -4.40. The Morgan fingerprint density at radius 2 is 2.00 bits per heavy atom. The van der Waals surface area contributed by atoms with Crippen molar-refractivity contribution >= 4 is 11.8 Å². The Hall–Kier alpha value is -1.54. The summed E-state index contributed by atoms with van der Waals surface area (Å²) in [7, 11) is 3.42. The normalized spacial score (nSPS) is 11.9. The lowest BCUT2D eigenvalue weighted by Gasteiger charge is -2.14. The van der Waals surface area contributed by atoms with E-state index in [2.05, 4.69) is 15.5 Å². The molecular formula is C13H15F3N4S. The van der Waals surface area contributed by atoms with Gasteiger partial charge < -0.3 is 9.88 Å². The van der Waals surface area contributed by atoms with Crippen LogP contribution in [0.4, 0.5) is 13.2 Å². The van der Waals surface area contributed by atoms with Gasteiger partial charge in [-0.05, 0) is 43.4 Å². The summed E-state index contributed by atoms with van der Waals surface area (Å²) in [5.74, 6) is 0.651. The molecule has 1 heterocycles. The minimum absolute atomic E-state index is 0.123. The van der Waals surface area contributed by atoms with E-state index < -0.39 is 11.7 Å². The van der Waals surface area contributed by atoms with Crippen molar-refractivity contribution in [3.8, 4) is 0 Å². The largest absolute Gasteiger partial charge is 0.417 e. The highest BCUT2D eigenvalue weighted by Crippen LogP contribution is 2.39. The van der Waals surface area contributed by atoms with Crippen molar-refractivity contribution in [1.29, 1.82) is 0 Å². The first-order valence-electron chi connectivity index (χ1n) is 6.21. The Kier molecular flexibility index (Phi) is 4.58. The molecule has 1 N–H and O–H groups in total. The highest BCUT2D eigenvalue weighted by Gasteiger charge is 2.34. The van der Waals surface area contributed by atoms with Crippen molar-refractivity contribution in [2.45, 2.75) is 29.7 Å². The first kappa shape index (κ1) is 15.8. The molecule has 2 rings (SSSR count). The van der Waals surface area contributed by atoms with Crippen LogP contribution in [0.1, 0.15) is 17.0 Å². The van der Waals surface area contributed by atoms with Gasteiger partial charge in [0, 0.05) is 18.5 Å². The number of hydrogen-bond donors (Lipinski definition) is 1. The summed E-state index contributed by atoms with van der Waals surface area (Å²) in [5, 5.41) is 11.0. The van der Waals surface area contributed by atoms with Gasteiger partial charge in [-0.3, -0.25) is 0 Å². The molecule has 0 spiro atoms. The molecule has 0 radical (unpaired) electrons. The van der Waals surface area contributed by atoms with Gasteiger partial charge in [-0.15, -0.1) is 10.2 Å². The van der Waals surface area contributed by atoms with E-state index in [4.69, 9.17) is 0 Å². The molecule has 0 saturated carbocycles. The van der Waals surface area contributed by atoms with Gasteiger partial charge in [-0.25, -0.2) is 0 Å². The van der Waals surface area contributed by atoms with E-state index in [-0.39, 0.29) is 4.90 Å². The smallest absolute Gasteiger partial charge is 0.316 e. The van der Waals surface area contributed by atoms with Gasteiger partial charge in [0.25, 0.3) is 0 Å². The molecule has 1 aromatic heterocycles. The Bertz CT molecular complexity index is 637. The van der Waals surface area contributed by atoms with Crippen LogP contribution in [0.25, 0.3) is 0 Å². The maximum Gasteiger partial charge on any atom is 0.417 e. The molecule has 114 valence electrons. The zero-order chi connectivity index (χ0) is 15.6. The number of hydrogen-bond acceptors (Lipinski definition) is 4. The van der Waals surface area contributed by atoms with E-state index in [1.54, 1.807) is 31.7 Å². The van der Waals surface area contributed by atoms with Crippen molar-refractivity contribution in [3.05, 3.63) is 35.2 Å². The average molecular weight is 316 g/mol. The topological polar surface area (TPSA) is 42.7 Å². The summed E-state index contributed by atoms with van der Waals surface area (Å²) in [5.41, 5.74) is -0.0655. The molecule has 2 aromatic rings. The maximum absolute atomic E-state index is 13.2. The molecule has 0 aliphatic rings. The second-order valence-corrected chi connectivity index (χ2v) is 5.56. The molecule has 8 heteroatoms. The highest BCUT2D eigenvalue weighted by molar-refractivity contribution is 7.99. The number of rotatable bonds is 4. The van der Waals surface area contributed by atoms with Crippen molar-refractivity contribution in [1.82, 2.24) is 20.1 Å². The number of aryl methyl sites for hydroxylation is 1. The zero-order valence-corrected chi connectivity index (χ0v) is 12.6. The fourth-order valence-corrected chi connectivity index (χ4v) is 2.74. The summed E-state index contributed by atoms with van der Waals surface area (Å²) in [4.78, 5) is 0.123.